The number of benzene rings is 1. The minimum atomic E-state index is -4.49. The molecule has 1 aliphatic heterocycles. The van der Waals surface area contributed by atoms with Gasteiger partial charge in [-0.2, -0.15) is 13.2 Å². The lowest BCUT2D eigenvalue weighted by atomic mass is 10.0. The van der Waals surface area contributed by atoms with E-state index in [2.05, 4.69) is 15.9 Å². The van der Waals surface area contributed by atoms with Crippen LogP contribution in [0.4, 0.5) is 13.2 Å². The Morgan fingerprint density at radius 2 is 1.95 bits per heavy atom. The van der Waals surface area contributed by atoms with E-state index in [4.69, 9.17) is 4.74 Å². The van der Waals surface area contributed by atoms with Crippen LogP contribution >= 0.6 is 15.9 Å². The van der Waals surface area contributed by atoms with E-state index in [1.54, 1.807) is 19.0 Å². The SMILES string of the molecule is CN(C)C1=C(c2cccc(C(F)(F)F)c2Br)C(=O)CO1. The molecule has 0 aliphatic carbocycles. The first-order chi connectivity index (χ1) is 9.23. The van der Waals surface area contributed by atoms with Crippen LogP contribution in [0.1, 0.15) is 11.1 Å². The molecule has 1 aromatic carbocycles. The van der Waals surface area contributed by atoms with Gasteiger partial charge in [0.05, 0.1) is 11.1 Å². The van der Waals surface area contributed by atoms with Crippen molar-refractivity contribution < 1.29 is 22.7 Å². The second-order valence-corrected chi connectivity index (χ2v) is 5.24. The largest absolute Gasteiger partial charge is 0.470 e. The minimum absolute atomic E-state index is 0.152. The number of halogens is 4. The van der Waals surface area contributed by atoms with Crippen LogP contribution in [-0.4, -0.2) is 31.4 Å². The molecule has 2 rings (SSSR count). The molecule has 0 N–H and O–H groups in total. The van der Waals surface area contributed by atoms with Gasteiger partial charge in [0.1, 0.15) is 0 Å². The molecule has 1 heterocycles. The molecular formula is C13H11BrF3NO2. The lowest BCUT2D eigenvalue weighted by Gasteiger charge is -2.16. The normalized spacial score (nSPS) is 15.6. The van der Waals surface area contributed by atoms with Crippen LogP contribution in [-0.2, 0) is 15.7 Å². The number of ether oxygens (including phenoxy) is 1. The van der Waals surface area contributed by atoms with Gasteiger partial charge >= 0.3 is 6.18 Å². The molecule has 0 saturated carbocycles. The summed E-state index contributed by atoms with van der Waals surface area (Å²) in [6, 6.07) is 3.70. The Bertz CT molecular complexity index is 594. The smallest absolute Gasteiger partial charge is 0.417 e. The average Bonchev–Trinajstić information content (AvgIpc) is 2.70. The molecule has 0 bridgehead atoms. The van der Waals surface area contributed by atoms with E-state index in [9.17, 15) is 18.0 Å². The van der Waals surface area contributed by atoms with Crippen molar-refractivity contribution in [3.63, 3.8) is 0 Å². The van der Waals surface area contributed by atoms with Crippen molar-refractivity contribution in [3.8, 4) is 0 Å². The molecule has 1 aromatic rings. The monoisotopic (exact) mass is 349 g/mol. The Hall–Kier alpha value is -1.50. The lowest BCUT2D eigenvalue weighted by Crippen LogP contribution is -2.13. The predicted octanol–water partition coefficient (Wildman–Crippen LogP) is 3.30. The van der Waals surface area contributed by atoms with Crippen LogP contribution < -0.4 is 0 Å². The van der Waals surface area contributed by atoms with Crippen LogP contribution in [0.5, 0.6) is 0 Å². The second kappa shape index (κ2) is 5.12. The standard InChI is InChI=1S/C13H11BrF3NO2/c1-18(2)12-10(9(19)6-20-12)7-4-3-5-8(11(7)14)13(15,16)17/h3-5H,6H2,1-2H3. The molecular weight excluding hydrogens is 339 g/mol. The van der Waals surface area contributed by atoms with Gasteiger partial charge in [-0.25, -0.2) is 0 Å². The number of carbonyl (C=O) groups is 1. The second-order valence-electron chi connectivity index (χ2n) is 4.45. The Balaban J connectivity index is 2.64. The Morgan fingerprint density at radius 1 is 1.30 bits per heavy atom. The third-order valence-corrected chi connectivity index (χ3v) is 3.67. The number of ketones is 1. The van der Waals surface area contributed by atoms with Crippen molar-refractivity contribution >= 4 is 27.3 Å². The summed E-state index contributed by atoms with van der Waals surface area (Å²) in [6.45, 7) is -0.161. The maximum Gasteiger partial charge on any atom is 0.417 e. The van der Waals surface area contributed by atoms with E-state index in [1.165, 1.54) is 12.1 Å². The van der Waals surface area contributed by atoms with E-state index < -0.39 is 11.7 Å². The molecule has 0 saturated heterocycles. The van der Waals surface area contributed by atoms with Gasteiger partial charge in [0.25, 0.3) is 0 Å². The maximum atomic E-state index is 12.9. The molecule has 0 fully saturated rings. The van der Waals surface area contributed by atoms with E-state index in [1.807, 2.05) is 0 Å². The van der Waals surface area contributed by atoms with Crippen molar-refractivity contribution in [2.75, 3.05) is 20.7 Å². The number of Topliss-reactive ketones (excluding diaryl/α,β-unsaturated/α-hetero) is 1. The van der Waals surface area contributed by atoms with Crippen LogP contribution in [0.2, 0.25) is 0 Å². The van der Waals surface area contributed by atoms with Gasteiger partial charge < -0.3 is 9.64 Å². The third-order valence-electron chi connectivity index (χ3n) is 2.81. The van der Waals surface area contributed by atoms with E-state index >= 15 is 0 Å². The Labute approximate surface area is 122 Å². The zero-order valence-corrected chi connectivity index (χ0v) is 12.3. The van der Waals surface area contributed by atoms with E-state index in [0.29, 0.717) is 0 Å². The fourth-order valence-corrected chi connectivity index (χ4v) is 2.65. The van der Waals surface area contributed by atoms with Crippen molar-refractivity contribution in [2.45, 2.75) is 6.18 Å². The molecule has 108 valence electrons. The van der Waals surface area contributed by atoms with Crippen molar-refractivity contribution in [3.05, 3.63) is 39.7 Å². The summed E-state index contributed by atoms with van der Waals surface area (Å²) in [4.78, 5) is 13.5. The number of hydrogen-bond acceptors (Lipinski definition) is 3. The molecule has 20 heavy (non-hydrogen) atoms. The third kappa shape index (κ3) is 2.54. The van der Waals surface area contributed by atoms with Crippen LogP contribution in [0, 0.1) is 0 Å². The summed E-state index contributed by atoms with van der Waals surface area (Å²) in [7, 11) is 3.32. The van der Waals surface area contributed by atoms with Crippen LogP contribution in [0.15, 0.2) is 28.6 Å². The Kier molecular flexibility index (Phi) is 3.82. The highest BCUT2D eigenvalue weighted by molar-refractivity contribution is 9.10. The first-order valence-electron chi connectivity index (χ1n) is 5.67. The van der Waals surface area contributed by atoms with Gasteiger partial charge in [0, 0.05) is 24.1 Å². The quantitative estimate of drug-likeness (QED) is 0.820. The highest BCUT2D eigenvalue weighted by Gasteiger charge is 2.36. The van der Waals surface area contributed by atoms with Gasteiger partial charge in [-0.1, -0.05) is 12.1 Å². The Morgan fingerprint density at radius 3 is 2.50 bits per heavy atom. The molecule has 1 aliphatic rings. The zero-order chi connectivity index (χ0) is 15.1. The fraction of sp³-hybridized carbons (Fsp3) is 0.308. The topological polar surface area (TPSA) is 29.5 Å². The highest BCUT2D eigenvalue weighted by atomic mass is 79.9. The van der Waals surface area contributed by atoms with Crippen LogP contribution in [0.3, 0.4) is 0 Å². The summed E-state index contributed by atoms with van der Waals surface area (Å²) < 4.78 is 43.8. The fourth-order valence-electron chi connectivity index (χ4n) is 1.96. The van der Waals surface area contributed by atoms with Gasteiger partial charge in [-0.3, -0.25) is 4.79 Å². The first-order valence-corrected chi connectivity index (χ1v) is 6.46. The van der Waals surface area contributed by atoms with Gasteiger partial charge in [-0.05, 0) is 22.0 Å². The van der Waals surface area contributed by atoms with Gasteiger partial charge in [0.2, 0.25) is 11.7 Å². The first kappa shape index (κ1) is 14.9. The zero-order valence-electron chi connectivity index (χ0n) is 10.7. The molecule has 0 amide bonds. The average molecular weight is 350 g/mol. The van der Waals surface area contributed by atoms with Crippen molar-refractivity contribution in [2.24, 2.45) is 0 Å². The van der Waals surface area contributed by atoms with E-state index in [0.717, 1.165) is 6.07 Å². The molecule has 7 heteroatoms. The molecule has 0 radical (unpaired) electrons. The summed E-state index contributed by atoms with van der Waals surface area (Å²) >= 11 is 2.95. The maximum absolute atomic E-state index is 12.9. The van der Waals surface area contributed by atoms with Crippen molar-refractivity contribution in [1.29, 1.82) is 0 Å². The summed E-state index contributed by atoms with van der Waals surface area (Å²) in [6.07, 6.45) is -4.49. The minimum Gasteiger partial charge on any atom is -0.470 e. The summed E-state index contributed by atoms with van der Waals surface area (Å²) in [5, 5.41) is 0. The molecule has 0 unspecified atom stereocenters. The number of nitrogens with zero attached hydrogens (tertiary/aromatic N) is 1. The number of alkyl halides is 3. The predicted molar refractivity (Wildman–Crippen MR) is 70.7 cm³/mol. The molecule has 0 atom stereocenters. The van der Waals surface area contributed by atoms with Crippen molar-refractivity contribution in [1.82, 2.24) is 4.90 Å². The summed E-state index contributed by atoms with van der Waals surface area (Å²) in [5.74, 6) is -0.0660. The van der Waals surface area contributed by atoms with E-state index in [-0.39, 0.29) is 33.9 Å². The molecule has 0 aromatic heterocycles. The number of carbonyl (C=O) groups excluding carboxylic acids is 1. The lowest BCUT2D eigenvalue weighted by molar-refractivity contribution is -0.138. The molecule has 0 spiro atoms. The highest BCUT2D eigenvalue weighted by Crippen LogP contribution is 2.40. The summed E-state index contributed by atoms with van der Waals surface area (Å²) in [5.41, 5.74) is -0.473. The number of hydrogen-bond donors (Lipinski definition) is 0. The van der Waals surface area contributed by atoms with Crippen LogP contribution in [0.25, 0.3) is 5.57 Å². The van der Waals surface area contributed by atoms with Gasteiger partial charge in [-0.15, -0.1) is 0 Å². The van der Waals surface area contributed by atoms with Gasteiger partial charge in [0.15, 0.2) is 6.61 Å². The number of rotatable bonds is 2. The molecule has 3 nitrogen and oxygen atoms in total.